The van der Waals surface area contributed by atoms with E-state index in [0.29, 0.717) is 43.4 Å². The van der Waals surface area contributed by atoms with E-state index in [-0.39, 0.29) is 24.4 Å². The van der Waals surface area contributed by atoms with E-state index in [0.717, 1.165) is 12.0 Å². The maximum Gasteiger partial charge on any atom is 0.338 e. The van der Waals surface area contributed by atoms with Crippen LogP contribution in [0.25, 0.3) is 6.08 Å². The summed E-state index contributed by atoms with van der Waals surface area (Å²) in [6, 6.07) is 12.3. The molecule has 8 nitrogen and oxygen atoms in total. The molecule has 1 aliphatic heterocycles. The predicted molar refractivity (Wildman–Crippen MR) is 156 cm³/mol. The number of allylic oxidation sites excluding steroid dienone is 1. The quantitative estimate of drug-likeness (QED) is 0.330. The highest BCUT2D eigenvalue weighted by molar-refractivity contribution is 7.07. The molecule has 4 rings (SSSR count). The van der Waals surface area contributed by atoms with Crippen molar-refractivity contribution in [3.05, 3.63) is 84.5 Å². The van der Waals surface area contributed by atoms with Gasteiger partial charge in [-0.25, -0.2) is 9.79 Å². The minimum absolute atomic E-state index is 0.0443. The zero-order valence-corrected chi connectivity index (χ0v) is 24.8. The Morgan fingerprint density at radius 3 is 2.50 bits per heavy atom. The van der Waals surface area contributed by atoms with Gasteiger partial charge in [0.15, 0.2) is 16.3 Å². The van der Waals surface area contributed by atoms with Crippen LogP contribution in [0.3, 0.4) is 0 Å². The van der Waals surface area contributed by atoms with Gasteiger partial charge in [0.1, 0.15) is 11.8 Å². The van der Waals surface area contributed by atoms with E-state index in [9.17, 15) is 9.59 Å². The summed E-state index contributed by atoms with van der Waals surface area (Å²) >= 11 is 1.27. The number of methoxy groups -OCH3 is 1. The number of esters is 1. The molecule has 3 aromatic rings. The molecule has 40 heavy (non-hydrogen) atoms. The number of fused-ring (bicyclic) bond motifs is 1. The number of nitrogens with zero attached hydrogens (tertiary/aromatic N) is 2. The maximum absolute atomic E-state index is 14.0. The number of carbonyl (C=O) groups excluding carboxylic acids is 1. The fourth-order valence-electron chi connectivity index (χ4n) is 4.48. The van der Waals surface area contributed by atoms with Crippen molar-refractivity contribution >= 4 is 23.4 Å². The molecular formula is C31H36N2O6S. The Morgan fingerprint density at radius 2 is 1.82 bits per heavy atom. The average molecular weight is 565 g/mol. The first-order valence-corrected chi connectivity index (χ1v) is 14.3. The molecule has 0 spiro atoms. The molecule has 2 heterocycles. The highest BCUT2D eigenvalue weighted by Gasteiger charge is 2.35. The van der Waals surface area contributed by atoms with E-state index in [4.69, 9.17) is 18.9 Å². The van der Waals surface area contributed by atoms with Crippen molar-refractivity contribution in [1.29, 1.82) is 0 Å². The second-order valence-corrected chi connectivity index (χ2v) is 10.8. The lowest BCUT2D eigenvalue weighted by atomic mass is 9.95. The summed E-state index contributed by atoms with van der Waals surface area (Å²) in [7, 11) is 1.59. The number of aromatic nitrogens is 1. The lowest BCUT2D eigenvalue weighted by Crippen LogP contribution is -2.40. The summed E-state index contributed by atoms with van der Waals surface area (Å²) in [4.78, 5) is 32.4. The Balaban J connectivity index is 1.90. The van der Waals surface area contributed by atoms with E-state index in [1.54, 1.807) is 31.6 Å². The standard InChI is InChI=1S/C31H36N2O6S/c1-8-19(5)39-24-15-14-21(16-25(24)36-7)17-26-29(34)33-28(22-12-10-11-13-23(22)38-18(3)4)27(30(35)37-9-2)20(6)32-31(33)40-26/h10-19,28H,8-9H2,1-7H3/b26-17+/t19-,28-/m1/s1. The van der Waals surface area contributed by atoms with Gasteiger partial charge >= 0.3 is 5.97 Å². The van der Waals surface area contributed by atoms with Gasteiger partial charge in [-0.15, -0.1) is 0 Å². The Labute approximate surface area is 238 Å². The third-order valence-electron chi connectivity index (χ3n) is 6.48. The van der Waals surface area contributed by atoms with Gasteiger partial charge in [0.25, 0.3) is 5.56 Å². The van der Waals surface area contributed by atoms with Crippen LogP contribution in [-0.4, -0.2) is 36.5 Å². The van der Waals surface area contributed by atoms with Crippen LogP contribution >= 0.6 is 11.3 Å². The molecule has 2 aromatic carbocycles. The summed E-state index contributed by atoms with van der Waals surface area (Å²) in [5.41, 5.74) is 2.02. The Hall–Kier alpha value is -3.85. The Bertz CT molecular complexity index is 1600. The lowest BCUT2D eigenvalue weighted by molar-refractivity contribution is -0.139. The average Bonchev–Trinajstić information content (AvgIpc) is 3.22. The normalized spacial score (nSPS) is 15.9. The number of thiazole rings is 1. The van der Waals surface area contributed by atoms with E-state index in [1.165, 1.54) is 11.3 Å². The smallest absolute Gasteiger partial charge is 0.338 e. The van der Waals surface area contributed by atoms with Crippen molar-refractivity contribution in [2.75, 3.05) is 13.7 Å². The monoisotopic (exact) mass is 564 g/mol. The first-order valence-electron chi connectivity index (χ1n) is 13.5. The van der Waals surface area contributed by atoms with Crippen molar-refractivity contribution in [3.63, 3.8) is 0 Å². The molecule has 9 heteroatoms. The number of benzene rings is 2. The molecule has 0 aliphatic carbocycles. The van der Waals surface area contributed by atoms with Gasteiger partial charge in [-0.3, -0.25) is 9.36 Å². The van der Waals surface area contributed by atoms with Gasteiger partial charge in [0, 0.05) is 5.56 Å². The molecule has 1 aromatic heterocycles. The summed E-state index contributed by atoms with van der Waals surface area (Å²) in [6.45, 7) is 11.6. The molecule has 1 aliphatic rings. The zero-order valence-electron chi connectivity index (χ0n) is 24.0. The van der Waals surface area contributed by atoms with Crippen molar-refractivity contribution in [2.24, 2.45) is 4.99 Å². The van der Waals surface area contributed by atoms with Gasteiger partial charge in [0.2, 0.25) is 0 Å². The molecule has 0 amide bonds. The van der Waals surface area contributed by atoms with Crippen LogP contribution in [0.1, 0.15) is 65.1 Å². The lowest BCUT2D eigenvalue weighted by Gasteiger charge is -2.26. The van der Waals surface area contributed by atoms with E-state index >= 15 is 0 Å². The molecule has 212 valence electrons. The molecule has 0 N–H and O–H groups in total. The molecule has 0 bridgehead atoms. The summed E-state index contributed by atoms with van der Waals surface area (Å²) in [6.07, 6.45) is 2.61. The van der Waals surface area contributed by atoms with Crippen molar-refractivity contribution in [2.45, 2.75) is 66.2 Å². The predicted octanol–water partition coefficient (Wildman–Crippen LogP) is 4.77. The number of rotatable bonds is 10. The van der Waals surface area contributed by atoms with E-state index in [1.807, 2.05) is 63.2 Å². The molecule has 0 unspecified atom stereocenters. The second-order valence-electron chi connectivity index (χ2n) is 9.75. The van der Waals surface area contributed by atoms with Crippen LogP contribution in [0.15, 0.2) is 63.5 Å². The van der Waals surface area contributed by atoms with Crippen LogP contribution in [0.5, 0.6) is 17.2 Å². The molecule has 0 saturated carbocycles. The summed E-state index contributed by atoms with van der Waals surface area (Å²) in [5.74, 6) is 1.31. The van der Waals surface area contributed by atoms with E-state index in [2.05, 4.69) is 11.9 Å². The number of ether oxygens (including phenoxy) is 4. The van der Waals surface area contributed by atoms with Crippen molar-refractivity contribution in [1.82, 2.24) is 4.57 Å². The summed E-state index contributed by atoms with van der Waals surface area (Å²) in [5, 5.41) is 0. The zero-order chi connectivity index (χ0) is 29.0. The van der Waals surface area contributed by atoms with Crippen LogP contribution in [0, 0.1) is 0 Å². The van der Waals surface area contributed by atoms with Crippen LogP contribution < -0.4 is 29.1 Å². The summed E-state index contributed by atoms with van der Waals surface area (Å²) < 4.78 is 25.1. The maximum atomic E-state index is 14.0. The van der Waals surface area contributed by atoms with Gasteiger partial charge in [-0.2, -0.15) is 0 Å². The third kappa shape index (κ3) is 5.99. The minimum Gasteiger partial charge on any atom is -0.493 e. The Morgan fingerprint density at radius 1 is 1.07 bits per heavy atom. The highest BCUT2D eigenvalue weighted by Crippen LogP contribution is 2.36. The molecule has 0 saturated heterocycles. The van der Waals surface area contributed by atoms with Crippen molar-refractivity contribution < 1.29 is 23.7 Å². The SMILES string of the molecule is CCOC(=O)C1=C(C)N=c2s/c(=C/c3ccc(O[C@H](C)CC)c(OC)c3)c(=O)n2[C@@H]1c1ccccc1OC(C)C. The molecule has 0 fully saturated rings. The van der Waals surface area contributed by atoms with Crippen LogP contribution in [0.4, 0.5) is 0 Å². The third-order valence-corrected chi connectivity index (χ3v) is 7.46. The van der Waals surface area contributed by atoms with Crippen molar-refractivity contribution in [3.8, 4) is 17.2 Å². The van der Waals surface area contributed by atoms with Gasteiger partial charge in [-0.05, 0) is 70.9 Å². The van der Waals surface area contributed by atoms with Crippen LogP contribution in [0.2, 0.25) is 0 Å². The largest absolute Gasteiger partial charge is 0.493 e. The van der Waals surface area contributed by atoms with Gasteiger partial charge < -0.3 is 18.9 Å². The molecule has 0 radical (unpaired) electrons. The second kappa shape index (κ2) is 12.6. The number of carbonyl (C=O) groups is 1. The minimum atomic E-state index is -0.756. The molecule has 2 atom stereocenters. The van der Waals surface area contributed by atoms with Gasteiger partial charge in [-0.1, -0.05) is 42.5 Å². The number of para-hydroxylation sites is 1. The van der Waals surface area contributed by atoms with E-state index < -0.39 is 12.0 Å². The van der Waals surface area contributed by atoms with Crippen LogP contribution in [-0.2, 0) is 9.53 Å². The Kier molecular flexibility index (Phi) is 9.14. The fourth-order valence-corrected chi connectivity index (χ4v) is 5.52. The number of hydrogen-bond donors (Lipinski definition) is 0. The topological polar surface area (TPSA) is 88.4 Å². The number of hydrogen-bond acceptors (Lipinski definition) is 8. The first kappa shape index (κ1) is 29.1. The fraction of sp³-hybridized carbons (Fsp3) is 0.387. The first-order chi connectivity index (χ1) is 19.2. The molecular weight excluding hydrogens is 528 g/mol. The highest BCUT2D eigenvalue weighted by atomic mass is 32.1. The van der Waals surface area contributed by atoms with Gasteiger partial charge in [0.05, 0.1) is 41.7 Å².